The molecule has 1 fully saturated rings. The van der Waals surface area contributed by atoms with Gasteiger partial charge in [-0.15, -0.1) is 0 Å². The van der Waals surface area contributed by atoms with Crippen LogP contribution in [-0.2, 0) is 43.4 Å². The minimum absolute atomic E-state index is 0.0912. The summed E-state index contributed by atoms with van der Waals surface area (Å²) in [4.78, 5) is 70.0. The van der Waals surface area contributed by atoms with Crippen molar-refractivity contribution in [3.63, 3.8) is 0 Å². The number of carbonyl (C=O) groups is 5. The quantitative estimate of drug-likeness (QED) is 0.230. The van der Waals surface area contributed by atoms with Crippen LogP contribution in [0, 0.1) is 11.8 Å². The lowest BCUT2D eigenvalue weighted by Gasteiger charge is -2.29. The molecule has 3 heterocycles. The maximum Gasteiger partial charge on any atom is 0.245 e. The minimum Gasteiger partial charge on any atom is -0.497 e. The molecule has 2 aromatic carbocycles. The highest BCUT2D eigenvalue weighted by molar-refractivity contribution is 5.95. The first kappa shape index (κ1) is 38.8. The Morgan fingerprint density at radius 1 is 1.00 bits per heavy atom. The molecule has 6 rings (SSSR count). The maximum absolute atomic E-state index is 14.1. The van der Waals surface area contributed by atoms with E-state index in [2.05, 4.69) is 40.2 Å². The average molecular weight is 730 g/mol. The van der Waals surface area contributed by atoms with Crippen molar-refractivity contribution in [3.05, 3.63) is 78.1 Å². The molecule has 3 aliphatic rings. The Bertz CT molecular complexity index is 1690. The van der Waals surface area contributed by atoms with Crippen molar-refractivity contribution in [3.8, 4) is 11.5 Å². The van der Waals surface area contributed by atoms with Gasteiger partial charge in [-0.2, -0.15) is 5.10 Å². The Balaban J connectivity index is 1.45. The van der Waals surface area contributed by atoms with Gasteiger partial charge in [-0.05, 0) is 79.5 Å². The summed E-state index contributed by atoms with van der Waals surface area (Å²) in [6.45, 7) is 6.05. The van der Waals surface area contributed by atoms with Crippen LogP contribution in [-0.4, -0.2) is 95.2 Å². The predicted octanol–water partition coefficient (Wildman–Crippen LogP) is 2.01. The molecule has 0 saturated heterocycles. The van der Waals surface area contributed by atoms with E-state index in [1.54, 1.807) is 68.9 Å². The number of benzene rings is 2. The van der Waals surface area contributed by atoms with Crippen molar-refractivity contribution in [1.29, 1.82) is 0 Å². The minimum atomic E-state index is -1.12. The molecule has 1 aromatic heterocycles. The van der Waals surface area contributed by atoms with Gasteiger partial charge in [0.1, 0.15) is 42.8 Å². The van der Waals surface area contributed by atoms with Crippen molar-refractivity contribution in [2.75, 3.05) is 26.8 Å². The monoisotopic (exact) mass is 729 g/mol. The molecule has 0 spiro atoms. The highest BCUT2D eigenvalue weighted by atomic mass is 16.5. The third-order valence-corrected chi connectivity index (χ3v) is 9.23. The first-order chi connectivity index (χ1) is 25.4. The van der Waals surface area contributed by atoms with Gasteiger partial charge in [-0.1, -0.05) is 38.1 Å². The number of nitrogens with zero attached hydrogens (tertiary/aromatic N) is 3. The molecule has 0 radical (unpaired) electrons. The largest absolute Gasteiger partial charge is 0.497 e. The van der Waals surface area contributed by atoms with Crippen LogP contribution < -0.4 is 30.7 Å². The molecule has 1 aliphatic carbocycles. The van der Waals surface area contributed by atoms with Crippen molar-refractivity contribution < 1.29 is 33.4 Å². The van der Waals surface area contributed by atoms with Crippen LogP contribution in [0.2, 0.25) is 0 Å². The molecule has 53 heavy (non-hydrogen) atoms. The van der Waals surface area contributed by atoms with E-state index < -0.39 is 41.8 Å². The van der Waals surface area contributed by atoms with Gasteiger partial charge in [0.15, 0.2) is 0 Å². The van der Waals surface area contributed by atoms with E-state index in [1.807, 2.05) is 12.1 Å². The standard InChI is InChI=1S/C39H51N7O7/c1-25(2)18-30-24-53-32-14-10-28(11-15-32)19-33(43-36(48)23-46-17-5-16-40-46)38(50)44-34(20-27-8-12-31(52-4)13-9-27)37(49)41-26(3)39(51)45(21-29-6-7-29)22-35(47)42-30/h5,8-17,25-26,29-30,33-34H,6-7,18-24H2,1-4H3,(H,41,49)(H,42,47)(H,43,48)(H,44,50)/t26-,30+,33+,34+/m1/s1. The number of rotatable bonds is 10. The van der Waals surface area contributed by atoms with Gasteiger partial charge in [0, 0.05) is 31.8 Å². The van der Waals surface area contributed by atoms with E-state index in [9.17, 15) is 24.0 Å². The summed E-state index contributed by atoms with van der Waals surface area (Å²) in [6.07, 6.45) is 6.00. The summed E-state index contributed by atoms with van der Waals surface area (Å²) in [5, 5.41) is 15.6. The number of carbonyl (C=O) groups excluding carboxylic acids is 5. The lowest BCUT2D eigenvalue weighted by Crippen LogP contribution is -2.58. The maximum atomic E-state index is 14.1. The van der Waals surface area contributed by atoms with Crippen LogP contribution in [0.25, 0.3) is 0 Å². The second kappa shape index (κ2) is 18.4. The molecule has 14 heteroatoms. The molecule has 14 nitrogen and oxygen atoms in total. The molecule has 284 valence electrons. The number of fused-ring (bicyclic) bond motifs is 17. The summed E-state index contributed by atoms with van der Waals surface area (Å²) < 4.78 is 12.8. The number of aromatic nitrogens is 2. The number of hydrogen-bond acceptors (Lipinski definition) is 8. The van der Waals surface area contributed by atoms with E-state index >= 15 is 0 Å². The third kappa shape index (κ3) is 12.1. The molecule has 4 atom stereocenters. The number of nitrogens with one attached hydrogen (secondary N) is 4. The van der Waals surface area contributed by atoms with E-state index in [0.29, 0.717) is 30.4 Å². The molecule has 2 bridgehead atoms. The van der Waals surface area contributed by atoms with E-state index in [1.165, 1.54) is 9.58 Å². The second-order valence-electron chi connectivity index (χ2n) is 14.4. The molecular formula is C39H51N7O7. The van der Waals surface area contributed by atoms with Crippen molar-refractivity contribution in [1.82, 2.24) is 35.9 Å². The zero-order valence-corrected chi connectivity index (χ0v) is 30.9. The Morgan fingerprint density at radius 2 is 1.74 bits per heavy atom. The summed E-state index contributed by atoms with van der Waals surface area (Å²) in [7, 11) is 1.55. The van der Waals surface area contributed by atoms with Crippen LogP contribution >= 0.6 is 0 Å². The molecule has 3 aromatic rings. The molecule has 0 unspecified atom stereocenters. The molecule has 1 saturated carbocycles. The Hall–Kier alpha value is -5.40. The first-order valence-corrected chi connectivity index (χ1v) is 18.3. The fraction of sp³-hybridized carbons (Fsp3) is 0.487. The highest BCUT2D eigenvalue weighted by Crippen LogP contribution is 2.30. The van der Waals surface area contributed by atoms with Crippen molar-refractivity contribution in [2.45, 2.75) is 83.6 Å². The fourth-order valence-corrected chi connectivity index (χ4v) is 6.30. The van der Waals surface area contributed by atoms with Crippen molar-refractivity contribution >= 4 is 29.5 Å². The number of methoxy groups -OCH3 is 1. The normalized spacial score (nSPS) is 22.0. The Kier molecular flexibility index (Phi) is 13.5. The van der Waals surface area contributed by atoms with E-state index in [-0.39, 0.29) is 50.4 Å². The number of hydrogen-bond donors (Lipinski definition) is 4. The zero-order chi connectivity index (χ0) is 37.9. The third-order valence-electron chi connectivity index (χ3n) is 9.23. The Labute approximate surface area is 310 Å². The molecule has 4 N–H and O–H groups in total. The van der Waals surface area contributed by atoms with Crippen LogP contribution in [0.5, 0.6) is 11.5 Å². The van der Waals surface area contributed by atoms with Crippen LogP contribution in [0.3, 0.4) is 0 Å². The van der Waals surface area contributed by atoms with Crippen LogP contribution in [0.1, 0.15) is 51.2 Å². The topological polar surface area (TPSA) is 173 Å². The van der Waals surface area contributed by atoms with Gasteiger partial charge >= 0.3 is 0 Å². The summed E-state index contributed by atoms with van der Waals surface area (Å²) in [5.41, 5.74) is 1.47. The van der Waals surface area contributed by atoms with E-state index in [0.717, 1.165) is 24.0 Å². The van der Waals surface area contributed by atoms with Gasteiger partial charge in [-0.3, -0.25) is 28.7 Å². The van der Waals surface area contributed by atoms with Gasteiger partial charge in [0.2, 0.25) is 29.5 Å². The van der Waals surface area contributed by atoms with E-state index in [4.69, 9.17) is 9.47 Å². The van der Waals surface area contributed by atoms with Gasteiger partial charge in [-0.25, -0.2) is 0 Å². The van der Waals surface area contributed by atoms with Gasteiger partial charge in [0.05, 0.1) is 19.7 Å². The van der Waals surface area contributed by atoms with Gasteiger partial charge in [0.25, 0.3) is 0 Å². The summed E-state index contributed by atoms with van der Waals surface area (Å²) in [5.74, 6) is -0.534. The lowest BCUT2D eigenvalue weighted by molar-refractivity contribution is -0.140. The highest BCUT2D eigenvalue weighted by Gasteiger charge is 2.33. The predicted molar refractivity (Wildman–Crippen MR) is 197 cm³/mol. The first-order valence-electron chi connectivity index (χ1n) is 18.3. The number of amides is 5. The lowest BCUT2D eigenvalue weighted by atomic mass is 10.0. The second-order valence-corrected chi connectivity index (χ2v) is 14.4. The Morgan fingerprint density at radius 3 is 2.38 bits per heavy atom. The SMILES string of the molecule is COc1ccc(C[C@@H]2NC(=O)[C@@H](NC(=O)Cn3cccn3)Cc3ccc(cc3)OC[C@H](CC(C)C)NC(=O)CN(CC3CC3)C(=O)[C@@H](C)NC2=O)cc1. The summed E-state index contributed by atoms with van der Waals surface area (Å²) in [6, 6.07) is 12.5. The van der Waals surface area contributed by atoms with Crippen LogP contribution in [0.4, 0.5) is 0 Å². The molecule has 5 amide bonds. The van der Waals surface area contributed by atoms with Crippen LogP contribution in [0.15, 0.2) is 67.0 Å². The summed E-state index contributed by atoms with van der Waals surface area (Å²) >= 11 is 0. The number of ether oxygens (including phenoxy) is 2. The van der Waals surface area contributed by atoms with Gasteiger partial charge < -0.3 is 35.6 Å². The molecule has 2 aliphatic heterocycles. The van der Waals surface area contributed by atoms with Crippen molar-refractivity contribution in [2.24, 2.45) is 11.8 Å². The smallest absolute Gasteiger partial charge is 0.245 e. The molecular weight excluding hydrogens is 678 g/mol. The fourth-order valence-electron chi connectivity index (χ4n) is 6.30. The zero-order valence-electron chi connectivity index (χ0n) is 30.9. The average Bonchev–Trinajstić information content (AvgIpc) is 3.80.